The van der Waals surface area contributed by atoms with E-state index >= 15 is 0 Å². The van der Waals surface area contributed by atoms with E-state index in [1.807, 2.05) is 13.0 Å². The molecule has 0 saturated carbocycles. The molecule has 3 rings (SSSR count). The largest absolute Gasteiger partial charge is 0.497 e. The van der Waals surface area contributed by atoms with Crippen molar-refractivity contribution >= 4 is 22.6 Å². The lowest BCUT2D eigenvalue weighted by Crippen LogP contribution is -2.20. The van der Waals surface area contributed by atoms with Gasteiger partial charge >= 0.3 is 5.63 Å². The summed E-state index contributed by atoms with van der Waals surface area (Å²) < 4.78 is 16.1. The molecule has 0 atom stereocenters. The van der Waals surface area contributed by atoms with E-state index in [4.69, 9.17) is 13.9 Å². The van der Waals surface area contributed by atoms with Gasteiger partial charge < -0.3 is 19.2 Å². The van der Waals surface area contributed by atoms with E-state index in [2.05, 4.69) is 5.32 Å². The summed E-state index contributed by atoms with van der Waals surface area (Å²) in [5.74, 6) is 0.854. The molecule has 0 fully saturated rings. The highest BCUT2D eigenvalue weighted by Crippen LogP contribution is 2.28. The van der Waals surface area contributed by atoms with Crippen LogP contribution in [0.15, 0.2) is 51.7 Å². The van der Waals surface area contributed by atoms with Crippen LogP contribution in [-0.4, -0.2) is 19.6 Å². The minimum absolute atomic E-state index is 0.165. The molecule has 1 amide bonds. The first-order valence-corrected chi connectivity index (χ1v) is 8.65. The predicted octanol–water partition coefficient (Wildman–Crippen LogP) is 3.69. The lowest BCUT2D eigenvalue weighted by atomic mass is 10.0. The maximum Gasteiger partial charge on any atom is 0.336 e. The SMILES string of the molecule is CCc1cc(=O)oc2c(C)c(OCC(=O)Nc3cccc(OC)c3)ccc12. The zero-order valence-electron chi connectivity index (χ0n) is 15.5. The Hall–Kier alpha value is -3.28. The van der Waals surface area contributed by atoms with Crippen LogP contribution in [0.25, 0.3) is 11.0 Å². The van der Waals surface area contributed by atoms with E-state index in [0.717, 1.165) is 17.4 Å². The predicted molar refractivity (Wildman–Crippen MR) is 104 cm³/mol. The zero-order chi connectivity index (χ0) is 19.4. The number of benzene rings is 2. The number of nitrogens with one attached hydrogen (secondary N) is 1. The number of rotatable bonds is 6. The topological polar surface area (TPSA) is 77.8 Å². The van der Waals surface area contributed by atoms with Gasteiger partial charge in [-0.25, -0.2) is 4.79 Å². The van der Waals surface area contributed by atoms with Crippen LogP contribution in [-0.2, 0) is 11.2 Å². The number of ether oxygens (including phenoxy) is 2. The average Bonchev–Trinajstić information content (AvgIpc) is 2.67. The van der Waals surface area contributed by atoms with Crippen molar-refractivity contribution in [1.82, 2.24) is 0 Å². The van der Waals surface area contributed by atoms with Gasteiger partial charge in [-0.1, -0.05) is 13.0 Å². The van der Waals surface area contributed by atoms with Gasteiger partial charge in [0.15, 0.2) is 6.61 Å². The molecule has 0 spiro atoms. The van der Waals surface area contributed by atoms with Gasteiger partial charge in [0, 0.05) is 28.8 Å². The number of amides is 1. The molecular formula is C21H21NO5. The Labute approximate surface area is 156 Å². The van der Waals surface area contributed by atoms with E-state index in [1.165, 1.54) is 6.07 Å². The van der Waals surface area contributed by atoms with Crippen LogP contribution in [0.3, 0.4) is 0 Å². The Kier molecular flexibility index (Phi) is 5.45. The summed E-state index contributed by atoms with van der Waals surface area (Å²) in [5, 5.41) is 3.63. The minimum atomic E-state index is -0.393. The molecular weight excluding hydrogens is 346 g/mol. The Morgan fingerprint density at radius 2 is 2.00 bits per heavy atom. The van der Waals surface area contributed by atoms with E-state index in [0.29, 0.717) is 28.3 Å². The highest BCUT2D eigenvalue weighted by Gasteiger charge is 2.12. The number of anilines is 1. The second-order valence-corrected chi connectivity index (χ2v) is 6.08. The third-order valence-electron chi connectivity index (χ3n) is 4.29. The summed E-state index contributed by atoms with van der Waals surface area (Å²) in [5.41, 5.74) is 2.33. The first-order chi connectivity index (χ1) is 13.0. The van der Waals surface area contributed by atoms with Crippen LogP contribution in [0.1, 0.15) is 18.1 Å². The highest BCUT2D eigenvalue weighted by atomic mass is 16.5. The molecule has 140 valence electrons. The van der Waals surface area contributed by atoms with Crippen molar-refractivity contribution < 1.29 is 18.7 Å². The molecule has 1 heterocycles. The zero-order valence-corrected chi connectivity index (χ0v) is 15.5. The summed E-state index contributed by atoms with van der Waals surface area (Å²) in [7, 11) is 1.56. The fourth-order valence-corrected chi connectivity index (χ4v) is 2.90. The number of aryl methyl sites for hydroxylation is 2. The molecule has 0 aliphatic rings. The monoisotopic (exact) mass is 367 g/mol. The molecule has 0 saturated heterocycles. The molecule has 3 aromatic rings. The van der Waals surface area contributed by atoms with Crippen molar-refractivity contribution in [3.8, 4) is 11.5 Å². The quantitative estimate of drug-likeness (QED) is 0.672. The maximum absolute atomic E-state index is 12.2. The second kappa shape index (κ2) is 7.95. The highest BCUT2D eigenvalue weighted by molar-refractivity contribution is 5.92. The summed E-state index contributed by atoms with van der Waals surface area (Å²) in [6, 6.07) is 12.2. The molecule has 6 nitrogen and oxygen atoms in total. The smallest absolute Gasteiger partial charge is 0.336 e. The van der Waals surface area contributed by atoms with Gasteiger partial charge in [0.2, 0.25) is 0 Å². The number of carbonyl (C=O) groups is 1. The van der Waals surface area contributed by atoms with Crippen LogP contribution in [0, 0.1) is 6.92 Å². The third-order valence-corrected chi connectivity index (χ3v) is 4.29. The van der Waals surface area contributed by atoms with Crippen molar-refractivity contribution in [3.63, 3.8) is 0 Å². The third kappa shape index (κ3) is 4.11. The molecule has 0 aliphatic heterocycles. The molecule has 0 unspecified atom stereocenters. The number of hydrogen-bond acceptors (Lipinski definition) is 5. The van der Waals surface area contributed by atoms with Crippen molar-refractivity contribution in [2.24, 2.45) is 0 Å². The molecule has 27 heavy (non-hydrogen) atoms. The van der Waals surface area contributed by atoms with Crippen LogP contribution in [0.4, 0.5) is 5.69 Å². The fraction of sp³-hybridized carbons (Fsp3) is 0.238. The molecule has 6 heteroatoms. The Morgan fingerprint density at radius 3 is 2.74 bits per heavy atom. The van der Waals surface area contributed by atoms with Crippen LogP contribution >= 0.6 is 0 Å². The summed E-state index contributed by atoms with van der Waals surface area (Å²) in [4.78, 5) is 23.9. The molecule has 1 N–H and O–H groups in total. The van der Waals surface area contributed by atoms with Crippen LogP contribution in [0.2, 0.25) is 0 Å². The summed E-state index contributed by atoms with van der Waals surface area (Å²) in [6.45, 7) is 3.62. The standard InChI is InChI=1S/C21H21NO5/c1-4-14-10-20(24)27-21-13(2)18(9-8-17(14)21)26-12-19(23)22-15-6-5-7-16(11-15)25-3/h5-11H,4,12H2,1-3H3,(H,22,23). The Bertz CT molecular complexity index is 1040. The van der Waals surface area contributed by atoms with E-state index in [-0.39, 0.29) is 12.5 Å². The Balaban J connectivity index is 1.75. The first-order valence-electron chi connectivity index (χ1n) is 8.65. The van der Waals surface area contributed by atoms with Gasteiger partial charge in [-0.3, -0.25) is 4.79 Å². The van der Waals surface area contributed by atoms with Crippen molar-refractivity contribution in [2.75, 3.05) is 19.0 Å². The lowest BCUT2D eigenvalue weighted by Gasteiger charge is -2.12. The Morgan fingerprint density at radius 1 is 1.19 bits per heavy atom. The van der Waals surface area contributed by atoms with Gasteiger partial charge in [0.1, 0.15) is 17.1 Å². The number of carbonyl (C=O) groups excluding carboxylic acids is 1. The first kappa shape index (κ1) is 18.5. The van der Waals surface area contributed by atoms with Crippen LogP contribution in [0.5, 0.6) is 11.5 Å². The molecule has 0 radical (unpaired) electrons. The maximum atomic E-state index is 12.2. The number of fused-ring (bicyclic) bond motifs is 1. The van der Waals surface area contributed by atoms with Gasteiger partial charge in [0.05, 0.1) is 7.11 Å². The average molecular weight is 367 g/mol. The molecule has 2 aromatic carbocycles. The van der Waals surface area contributed by atoms with Crippen molar-refractivity contribution in [2.45, 2.75) is 20.3 Å². The van der Waals surface area contributed by atoms with Gasteiger partial charge in [-0.05, 0) is 43.2 Å². The lowest BCUT2D eigenvalue weighted by molar-refractivity contribution is -0.118. The number of methoxy groups -OCH3 is 1. The minimum Gasteiger partial charge on any atom is -0.497 e. The molecule has 0 bridgehead atoms. The normalized spacial score (nSPS) is 10.6. The van der Waals surface area contributed by atoms with Crippen LogP contribution < -0.4 is 20.4 Å². The van der Waals surface area contributed by atoms with Crippen molar-refractivity contribution in [3.05, 3.63) is 64.0 Å². The van der Waals surface area contributed by atoms with Gasteiger partial charge in [-0.15, -0.1) is 0 Å². The van der Waals surface area contributed by atoms with E-state index in [9.17, 15) is 9.59 Å². The molecule has 1 aromatic heterocycles. The number of hydrogen-bond donors (Lipinski definition) is 1. The second-order valence-electron chi connectivity index (χ2n) is 6.08. The van der Waals surface area contributed by atoms with Gasteiger partial charge in [0.25, 0.3) is 5.91 Å². The van der Waals surface area contributed by atoms with Gasteiger partial charge in [-0.2, -0.15) is 0 Å². The summed E-state index contributed by atoms with van der Waals surface area (Å²) in [6.07, 6.45) is 0.727. The van der Waals surface area contributed by atoms with E-state index < -0.39 is 5.63 Å². The summed E-state index contributed by atoms with van der Waals surface area (Å²) >= 11 is 0. The molecule has 0 aliphatic carbocycles. The van der Waals surface area contributed by atoms with E-state index in [1.54, 1.807) is 44.4 Å². The fourth-order valence-electron chi connectivity index (χ4n) is 2.90. The van der Waals surface area contributed by atoms with Crippen molar-refractivity contribution in [1.29, 1.82) is 0 Å².